The Kier molecular flexibility index (Phi) is 3.88. The number of anilines is 1. The average Bonchev–Trinajstić information content (AvgIpc) is 2.49. The van der Waals surface area contributed by atoms with E-state index in [2.05, 4.69) is 24.3 Å². The molecule has 1 aromatic carbocycles. The molecule has 7 heteroatoms. The van der Waals surface area contributed by atoms with Crippen LogP contribution in [0.3, 0.4) is 0 Å². The van der Waals surface area contributed by atoms with Crippen LogP contribution < -0.4 is 10.3 Å². The number of hydrazine groups is 1. The first-order valence-corrected chi connectivity index (χ1v) is 7.61. The molecule has 0 aliphatic carbocycles. The molecule has 0 spiro atoms. The van der Waals surface area contributed by atoms with Gasteiger partial charge in [0.2, 0.25) is 5.29 Å². The molecule has 2 amide bonds. The van der Waals surface area contributed by atoms with Gasteiger partial charge >= 0.3 is 11.8 Å². The first-order valence-electron chi connectivity index (χ1n) is 7.23. The van der Waals surface area contributed by atoms with E-state index in [0.717, 1.165) is 12.0 Å². The van der Waals surface area contributed by atoms with Gasteiger partial charge in [-0.25, -0.2) is 15.3 Å². The minimum atomic E-state index is -0.699. The van der Waals surface area contributed by atoms with Crippen LogP contribution in [-0.2, 0) is 9.59 Å². The number of benzene rings is 1. The third kappa shape index (κ3) is 2.48. The Bertz CT molecular complexity index is 659. The third-order valence-corrected chi connectivity index (χ3v) is 4.00. The number of hydrogen-bond donors (Lipinski definition) is 1. The van der Waals surface area contributed by atoms with Gasteiger partial charge in [0.1, 0.15) is 6.17 Å². The van der Waals surface area contributed by atoms with Crippen LogP contribution in [0.5, 0.6) is 0 Å². The van der Waals surface area contributed by atoms with E-state index in [1.807, 2.05) is 12.1 Å². The third-order valence-electron chi connectivity index (χ3n) is 3.73. The van der Waals surface area contributed by atoms with Crippen LogP contribution in [0, 0.1) is 5.92 Å². The van der Waals surface area contributed by atoms with E-state index in [1.165, 1.54) is 9.91 Å². The van der Waals surface area contributed by atoms with E-state index in [9.17, 15) is 9.59 Å². The Hall–Kier alpha value is -1.92. The van der Waals surface area contributed by atoms with E-state index in [0.29, 0.717) is 18.2 Å². The van der Waals surface area contributed by atoms with E-state index < -0.39 is 18.0 Å². The van der Waals surface area contributed by atoms with Gasteiger partial charge in [0.05, 0.1) is 5.69 Å². The predicted molar refractivity (Wildman–Crippen MR) is 84.3 cm³/mol. The molecule has 3 aliphatic heterocycles. The van der Waals surface area contributed by atoms with Crippen LogP contribution in [0.1, 0.15) is 32.0 Å². The summed E-state index contributed by atoms with van der Waals surface area (Å²) in [7, 11) is 0. The SMILES string of the molecule is CC(C)CCN1NC2N=C(Cl)N(C(=O)C1=O)c1ccccc12. The number of para-hydroxylation sites is 1. The van der Waals surface area contributed by atoms with Gasteiger partial charge in [-0.1, -0.05) is 32.0 Å². The molecule has 3 heterocycles. The Morgan fingerprint density at radius 3 is 2.73 bits per heavy atom. The largest absolute Gasteiger partial charge is 0.327 e. The van der Waals surface area contributed by atoms with E-state index >= 15 is 0 Å². The number of nitrogens with one attached hydrogen (secondary N) is 1. The van der Waals surface area contributed by atoms with Crippen molar-refractivity contribution in [3.05, 3.63) is 29.8 Å². The number of fused-ring (bicyclic) bond motifs is 3. The molecule has 4 rings (SSSR count). The van der Waals surface area contributed by atoms with Crippen molar-refractivity contribution in [1.29, 1.82) is 0 Å². The molecule has 0 aromatic heterocycles. The number of rotatable bonds is 3. The number of nitrogens with zero attached hydrogens (tertiary/aromatic N) is 3. The minimum Gasteiger partial charge on any atom is -0.267 e. The Balaban J connectivity index is 2.01. The van der Waals surface area contributed by atoms with Gasteiger partial charge in [-0.3, -0.25) is 14.6 Å². The number of hydrogen-bond acceptors (Lipinski definition) is 4. The zero-order valence-electron chi connectivity index (χ0n) is 12.4. The highest BCUT2D eigenvalue weighted by molar-refractivity contribution is 6.72. The number of amidine groups is 1. The lowest BCUT2D eigenvalue weighted by atomic mass is 10.1. The molecule has 116 valence electrons. The van der Waals surface area contributed by atoms with E-state index in [4.69, 9.17) is 11.6 Å². The van der Waals surface area contributed by atoms with Gasteiger partial charge in [0.15, 0.2) is 0 Å². The average molecular weight is 321 g/mol. The normalized spacial score (nSPS) is 20.9. The number of carbonyl (C=O) groups is 2. The quantitative estimate of drug-likeness (QED) is 0.684. The van der Waals surface area contributed by atoms with Crippen molar-refractivity contribution >= 4 is 34.4 Å². The van der Waals surface area contributed by atoms with Crippen molar-refractivity contribution < 1.29 is 9.59 Å². The Labute approximate surface area is 133 Å². The van der Waals surface area contributed by atoms with Gasteiger partial charge in [-0.15, -0.1) is 0 Å². The summed E-state index contributed by atoms with van der Waals surface area (Å²) in [5, 5.41) is 1.36. The fourth-order valence-corrected chi connectivity index (χ4v) is 2.78. The summed E-state index contributed by atoms with van der Waals surface area (Å²) >= 11 is 6.10. The van der Waals surface area contributed by atoms with Gasteiger partial charge in [-0.05, 0) is 30.0 Å². The second-order valence-corrected chi connectivity index (χ2v) is 6.11. The molecule has 6 nitrogen and oxygen atoms in total. The van der Waals surface area contributed by atoms with E-state index in [1.54, 1.807) is 12.1 Å². The van der Waals surface area contributed by atoms with Crippen molar-refractivity contribution in [3.63, 3.8) is 0 Å². The van der Waals surface area contributed by atoms with Crippen LogP contribution in [0.25, 0.3) is 0 Å². The van der Waals surface area contributed by atoms with Crippen LogP contribution in [-0.4, -0.2) is 28.7 Å². The second kappa shape index (κ2) is 5.70. The molecule has 0 saturated carbocycles. The lowest BCUT2D eigenvalue weighted by Gasteiger charge is -2.37. The van der Waals surface area contributed by atoms with Crippen LogP contribution in [0.2, 0.25) is 0 Å². The highest BCUT2D eigenvalue weighted by Gasteiger charge is 2.40. The van der Waals surface area contributed by atoms with E-state index in [-0.39, 0.29) is 5.29 Å². The maximum absolute atomic E-state index is 12.5. The van der Waals surface area contributed by atoms with Crippen molar-refractivity contribution in [2.45, 2.75) is 26.4 Å². The first kappa shape index (κ1) is 15.0. The zero-order chi connectivity index (χ0) is 15.9. The summed E-state index contributed by atoms with van der Waals surface area (Å²) < 4.78 is 0. The predicted octanol–water partition coefficient (Wildman–Crippen LogP) is 2.02. The van der Waals surface area contributed by atoms with Crippen LogP contribution in [0.4, 0.5) is 5.69 Å². The summed E-state index contributed by atoms with van der Waals surface area (Å²) in [6.07, 6.45) is 0.321. The molecule has 1 unspecified atom stereocenters. The molecule has 0 saturated heterocycles. The maximum Gasteiger partial charge on any atom is 0.327 e. The number of halogens is 1. The second-order valence-electron chi connectivity index (χ2n) is 5.77. The molecule has 3 aliphatic rings. The fourth-order valence-electron chi connectivity index (χ4n) is 2.52. The fraction of sp³-hybridized carbons (Fsp3) is 0.400. The number of amides is 2. The molecule has 2 bridgehead atoms. The standard InChI is InChI=1S/C15H17ClN4O2/c1-9(2)7-8-19-13(21)14(22)20-11-6-4-3-5-10(11)12(18-19)17-15(20)16/h3-6,9,12,18H,7-8H2,1-2H3. The van der Waals surface area contributed by atoms with Gasteiger partial charge < -0.3 is 0 Å². The molecule has 1 atom stereocenters. The molecule has 1 N–H and O–H groups in total. The minimum absolute atomic E-state index is 0.0121. The maximum atomic E-state index is 12.5. The van der Waals surface area contributed by atoms with Gasteiger partial charge in [-0.2, -0.15) is 0 Å². The number of carbonyl (C=O) groups excluding carboxylic acids is 2. The first-order chi connectivity index (χ1) is 10.5. The van der Waals surface area contributed by atoms with Crippen molar-refractivity contribution in [2.75, 3.05) is 11.4 Å². The molecular weight excluding hydrogens is 304 g/mol. The summed E-state index contributed by atoms with van der Waals surface area (Å²) in [5.41, 5.74) is 4.45. The van der Waals surface area contributed by atoms with Crippen LogP contribution in [0.15, 0.2) is 29.3 Å². The summed E-state index contributed by atoms with van der Waals surface area (Å²) in [4.78, 5) is 30.4. The lowest BCUT2D eigenvalue weighted by molar-refractivity contribution is -0.147. The Morgan fingerprint density at radius 1 is 1.27 bits per heavy atom. The molecular formula is C15H17ClN4O2. The summed E-state index contributed by atoms with van der Waals surface area (Å²) in [5.74, 6) is -0.893. The van der Waals surface area contributed by atoms with Crippen molar-refractivity contribution in [1.82, 2.24) is 10.4 Å². The zero-order valence-corrected chi connectivity index (χ0v) is 13.2. The highest BCUT2D eigenvalue weighted by atomic mass is 35.5. The van der Waals surface area contributed by atoms with Crippen molar-refractivity contribution in [2.24, 2.45) is 10.9 Å². The lowest BCUT2D eigenvalue weighted by Crippen LogP contribution is -2.57. The summed E-state index contributed by atoms with van der Waals surface area (Å²) in [6.45, 7) is 4.58. The van der Waals surface area contributed by atoms with Crippen molar-refractivity contribution in [3.8, 4) is 0 Å². The van der Waals surface area contributed by atoms with Crippen LogP contribution >= 0.6 is 11.6 Å². The van der Waals surface area contributed by atoms with Gasteiger partial charge in [0, 0.05) is 12.1 Å². The summed E-state index contributed by atoms with van der Waals surface area (Å²) in [6, 6.07) is 7.30. The Morgan fingerprint density at radius 2 is 2.00 bits per heavy atom. The topological polar surface area (TPSA) is 65.0 Å². The smallest absolute Gasteiger partial charge is 0.267 e. The number of aliphatic imine (C=N–C) groups is 1. The molecule has 0 radical (unpaired) electrons. The molecule has 22 heavy (non-hydrogen) atoms. The molecule has 0 fully saturated rings. The molecule has 1 aromatic rings. The highest BCUT2D eigenvalue weighted by Crippen LogP contribution is 2.35. The monoisotopic (exact) mass is 320 g/mol. The van der Waals surface area contributed by atoms with Gasteiger partial charge in [0.25, 0.3) is 0 Å².